The van der Waals surface area contributed by atoms with Gasteiger partial charge in [0.05, 0.1) is 5.39 Å². The molecular weight excluding hydrogens is 287 g/mol. The number of nitrogens with zero attached hydrogens (tertiary/aromatic N) is 2. The SMILES string of the molecule is Cc1sc2ncnc(NCCN)c2c1-c1ccc(F)cc1. The van der Waals surface area contributed by atoms with Crippen LogP contribution in [0.5, 0.6) is 0 Å². The molecule has 0 aliphatic rings. The van der Waals surface area contributed by atoms with Crippen molar-refractivity contribution in [1.29, 1.82) is 0 Å². The Hall–Kier alpha value is -2.05. The maximum absolute atomic E-state index is 13.1. The van der Waals surface area contributed by atoms with Gasteiger partial charge in [0.2, 0.25) is 0 Å². The van der Waals surface area contributed by atoms with Crippen molar-refractivity contribution in [2.45, 2.75) is 6.92 Å². The lowest BCUT2D eigenvalue weighted by Gasteiger charge is -2.08. The van der Waals surface area contributed by atoms with Crippen molar-refractivity contribution in [2.24, 2.45) is 5.73 Å². The summed E-state index contributed by atoms with van der Waals surface area (Å²) in [4.78, 5) is 10.7. The number of hydrogen-bond acceptors (Lipinski definition) is 5. The molecule has 0 unspecified atom stereocenters. The number of hydrogen-bond donors (Lipinski definition) is 2. The summed E-state index contributed by atoms with van der Waals surface area (Å²) in [5.41, 5.74) is 7.56. The van der Waals surface area contributed by atoms with Gasteiger partial charge < -0.3 is 11.1 Å². The summed E-state index contributed by atoms with van der Waals surface area (Å²) in [5.74, 6) is 0.530. The number of nitrogens with two attached hydrogens (primary N) is 1. The van der Waals surface area contributed by atoms with E-state index in [1.54, 1.807) is 29.8 Å². The summed E-state index contributed by atoms with van der Waals surface area (Å²) >= 11 is 1.61. The minimum absolute atomic E-state index is 0.242. The van der Waals surface area contributed by atoms with Crippen molar-refractivity contribution in [3.05, 3.63) is 41.3 Å². The first kappa shape index (κ1) is 13.9. The molecule has 0 amide bonds. The molecule has 0 radical (unpaired) electrons. The summed E-state index contributed by atoms with van der Waals surface area (Å²) in [7, 11) is 0. The zero-order chi connectivity index (χ0) is 14.8. The average molecular weight is 302 g/mol. The standard InChI is InChI=1S/C15H15FN4S/c1-9-12(10-2-4-11(16)5-3-10)13-14(18-7-6-17)19-8-20-15(13)21-9/h2-5,8H,6-7,17H2,1H3,(H,18,19,20). The van der Waals surface area contributed by atoms with E-state index in [0.29, 0.717) is 13.1 Å². The van der Waals surface area contributed by atoms with E-state index in [4.69, 9.17) is 5.73 Å². The fourth-order valence-electron chi connectivity index (χ4n) is 2.33. The second kappa shape index (κ2) is 5.75. The first-order valence-corrected chi connectivity index (χ1v) is 7.46. The highest BCUT2D eigenvalue weighted by Gasteiger charge is 2.16. The van der Waals surface area contributed by atoms with Crippen LogP contribution in [-0.4, -0.2) is 23.1 Å². The van der Waals surface area contributed by atoms with E-state index in [-0.39, 0.29) is 5.82 Å². The highest BCUT2D eigenvalue weighted by atomic mass is 32.1. The van der Waals surface area contributed by atoms with Crippen LogP contribution >= 0.6 is 11.3 Å². The van der Waals surface area contributed by atoms with Crippen molar-refractivity contribution < 1.29 is 4.39 Å². The number of rotatable bonds is 4. The molecule has 108 valence electrons. The zero-order valence-electron chi connectivity index (χ0n) is 11.6. The van der Waals surface area contributed by atoms with Crippen molar-refractivity contribution >= 4 is 27.4 Å². The Kier molecular flexibility index (Phi) is 3.81. The van der Waals surface area contributed by atoms with Crippen molar-refractivity contribution in [3.8, 4) is 11.1 Å². The molecule has 0 atom stereocenters. The van der Waals surface area contributed by atoms with Crippen LogP contribution in [0.3, 0.4) is 0 Å². The topological polar surface area (TPSA) is 63.8 Å². The quantitative estimate of drug-likeness (QED) is 0.777. The van der Waals surface area contributed by atoms with Crippen LogP contribution in [0.15, 0.2) is 30.6 Å². The fourth-order valence-corrected chi connectivity index (χ4v) is 3.35. The van der Waals surface area contributed by atoms with Gasteiger partial charge in [-0.3, -0.25) is 0 Å². The third kappa shape index (κ3) is 2.59. The molecule has 1 aromatic carbocycles. The molecule has 3 aromatic rings. The molecule has 2 heterocycles. The van der Waals surface area contributed by atoms with Crippen LogP contribution < -0.4 is 11.1 Å². The maximum atomic E-state index is 13.1. The Morgan fingerprint density at radius 3 is 2.71 bits per heavy atom. The van der Waals surface area contributed by atoms with Gasteiger partial charge >= 0.3 is 0 Å². The number of nitrogens with one attached hydrogen (secondary N) is 1. The lowest BCUT2D eigenvalue weighted by molar-refractivity contribution is 0.628. The molecule has 0 aliphatic carbocycles. The normalized spacial score (nSPS) is 11.0. The molecule has 3 N–H and O–H groups in total. The second-order valence-electron chi connectivity index (χ2n) is 4.66. The van der Waals surface area contributed by atoms with Gasteiger partial charge in [0.25, 0.3) is 0 Å². The largest absolute Gasteiger partial charge is 0.368 e. The molecule has 0 aliphatic heterocycles. The molecular formula is C15H15FN4S. The Bertz CT molecular complexity index is 767. The highest BCUT2D eigenvalue weighted by molar-refractivity contribution is 7.19. The van der Waals surface area contributed by atoms with Gasteiger partial charge in [0.15, 0.2) is 0 Å². The Morgan fingerprint density at radius 2 is 2.00 bits per heavy atom. The highest BCUT2D eigenvalue weighted by Crippen LogP contribution is 2.40. The third-order valence-electron chi connectivity index (χ3n) is 3.23. The lowest BCUT2D eigenvalue weighted by atomic mass is 10.0. The van der Waals surface area contributed by atoms with Crippen LogP contribution in [0.2, 0.25) is 0 Å². The van der Waals surface area contributed by atoms with E-state index < -0.39 is 0 Å². The van der Waals surface area contributed by atoms with Gasteiger partial charge in [-0.2, -0.15) is 0 Å². The van der Waals surface area contributed by atoms with Crippen LogP contribution in [0.1, 0.15) is 4.88 Å². The molecule has 0 spiro atoms. The van der Waals surface area contributed by atoms with Crippen LogP contribution in [0.25, 0.3) is 21.3 Å². The molecule has 21 heavy (non-hydrogen) atoms. The number of benzene rings is 1. The maximum Gasteiger partial charge on any atom is 0.138 e. The first-order valence-electron chi connectivity index (χ1n) is 6.64. The van der Waals surface area contributed by atoms with Crippen LogP contribution in [0.4, 0.5) is 10.2 Å². The van der Waals surface area contributed by atoms with E-state index in [2.05, 4.69) is 15.3 Å². The number of thiophene rings is 1. The minimum atomic E-state index is -0.242. The number of halogens is 1. The van der Waals surface area contributed by atoms with Crippen LogP contribution in [0, 0.1) is 12.7 Å². The van der Waals surface area contributed by atoms with Gasteiger partial charge in [-0.05, 0) is 24.6 Å². The number of aromatic nitrogens is 2. The van der Waals surface area contributed by atoms with Gasteiger partial charge in [0.1, 0.15) is 22.8 Å². The van der Waals surface area contributed by atoms with E-state index in [0.717, 1.165) is 32.0 Å². The predicted octanol–water partition coefficient (Wildman–Crippen LogP) is 3.18. The fraction of sp³-hybridized carbons (Fsp3) is 0.200. The monoisotopic (exact) mass is 302 g/mol. The average Bonchev–Trinajstić information content (AvgIpc) is 2.82. The predicted molar refractivity (Wildman–Crippen MR) is 85.1 cm³/mol. The molecule has 2 aromatic heterocycles. The summed E-state index contributed by atoms with van der Waals surface area (Å²) < 4.78 is 13.1. The minimum Gasteiger partial charge on any atom is -0.368 e. The molecule has 4 nitrogen and oxygen atoms in total. The van der Waals surface area contributed by atoms with E-state index >= 15 is 0 Å². The Labute approximate surface area is 125 Å². The third-order valence-corrected chi connectivity index (χ3v) is 4.25. The van der Waals surface area contributed by atoms with E-state index in [1.165, 1.54) is 12.1 Å². The molecule has 6 heteroatoms. The van der Waals surface area contributed by atoms with E-state index in [1.807, 2.05) is 6.92 Å². The van der Waals surface area contributed by atoms with Crippen molar-refractivity contribution in [3.63, 3.8) is 0 Å². The van der Waals surface area contributed by atoms with Gasteiger partial charge in [-0.15, -0.1) is 11.3 Å². The van der Waals surface area contributed by atoms with Crippen LogP contribution in [-0.2, 0) is 0 Å². The first-order chi connectivity index (χ1) is 10.2. The summed E-state index contributed by atoms with van der Waals surface area (Å²) in [6, 6.07) is 6.50. The smallest absolute Gasteiger partial charge is 0.138 e. The molecule has 0 saturated heterocycles. The summed E-state index contributed by atoms with van der Waals surface area (Å²) in [6.45, 7) is 3.21. The molecule has 0 saturated carbocycles. The Balaban J connectivity index is 2.21. The van der Waals surface area contributed by atoms with E-state index in [9.17, 15) is 4.39 Å². The summed E-state index contributed by atoms with van der Waals surface area (Å²) in [6.07, 6.45) is 1.55. The van der Waals surface area contributed by atoms with Gasteiger partial charge in [-0.25, -0.2) is 14.4 Å². The lowest BCUT2D eigenvalue weighted by Crippen LogP contribution is -2.14. The Morgan fingerprint density at radius 1 is 1.24 bits per heavy atom. The second-order valence-corrected chi connectivity index (χ2v) is 5.86. The molecule has 0 fully saturated rings. The molecule has 3 rings (SSSR count). The summed E-state index contributed by atoms with van der Waals surface area (Å²) in [5, 5.41) is 4.20. The number of aryl methyl sites for hydroxylation is 1. The van der Waals surface area contributed by atoms with Gasteiger partial charge in [0, 0.05) is 23.5 Å². The molecule has 0 bridgehead atoms. The van der Waals surface area contributed by atoms with Gasteiger partial charge in [-0.1, -0.05) is 12.1 Å². The number of fused-ring (bicyclic) bond motifs is 1. The van der Waals surface area contributed by atoms with Crippen molar-refractivity contribution in [2.75, 3.05) is 18.4 Å². The number of anilines is 1. The zero-order valence-corrected chi connectivity index (χ0v) is 12.4. The van der Waals surface area contributed by atoms with Crippen molar-refractivity contribution in [1.82, 2.24) is 9.97 Å².